The van der Waals surface area contributed by atoms with Crippen molar-refractivity contribution in [3.8, 4) is 5.75 Å². The van der Waals surface area contributed by atoms with Gasteiger partial charge in [-0.25, -0.2) is 4.39 Å². The largest absolute Gasteiger partial charge is 0.493 e. The molecule has 7 nitrogen and oxygen atoms in total. The number of alkyl halides is 3. The average molecular weight is 469 g/mol. The summed E-state index contributed by atoms with van der Waals surface area (Å²) in [6.07, 6.45) is -5.76. The predicted molar refractivity (Wildman–Crippen MR) is 106 cm³/mol. The van der Waals surface area contributed by atoms with Crippen LogP contribution in [0.2, 0.25) is 5.82 Å². The van der Waals surface area contributed by atoms with Crippen LogP contribution in [0.4, 0.5) is 27.6 Å². The number of methoxy groups -OCH3 is 1. The number of anilines is 1. The van der Waals surface area contributed by atoms with Gasteiger partial charge in [0.2, 0.25) is 5.82 Å². The van der Waals surface area contributed by atoms with Crippen molar-refractivity contribution < 1.29 is 41.0 Å². The molecule has 0 saturated carbocycles. The zero-order valence-corrected chi connectivity index (χ0v) is 17.2. The fourth-order valence-corrected chi connectivity index (χ4v) is 3.65. The molecule has 1 aromatic carbocycles. The molecule has 1 saturated heterocycles. The molecular weight excluding hydrogens is 452 g/mol. The van der Waals surface area contributed by atoms with E-state index in [0.717, 1.165) is 25.4 Å². The summed E-state index contributed by atoms with van der Waals surface area (Å²) in [5.74, 6) is -8.94. The number of ether oxygens (including phenoxy) is 2. The molecule has 0 unspecified atom stereocenters. The van der Waals surface area contributed by atoms with Crippen molar-refractivity contribution in [2.45, 2.75) is 36.5 Å². The second-order valence-electron chi connectivity index (χ2n) is 7.46. The van der Waals surface area contributed by atoms with E-state index < -0.39 is 58.8 Å². The molecule has 0 spiro atoms. The second-order valence-corrected chi connectivity index (χ2v) is 7.46. The van der Waals surface area contributed by atoms with Crippen LogP contribution in [0.5, 0.6) is 5.75 Å². The van der Waals surface area contributed by atoms with Crippen LogP contribution < -0.4 is 15.8 Å². The lowest BCUT2D eigenvalue weighted by Gasteiger charge is -2.32. The molecule has 33 heavy (non-hydrogen) atoms. The molecule has 4 atom stereocenters. The third-order valence-corrected chi connectivity index (χ3v) is 5.47. The van der Waals surface area contributed by atoms with Gasteiger partial charge in [0.15, 0.2) is 17.2 Å². The van der Waals surface area contributed by atoms with Gasteiger partial charge in [0, 0.05) is 23.4 Å². The lowest BCUT2D eigenvalue weighted by atomic mass is 9.64. The van der Waals surface area contributed by atoms with Gasteiger partial charge in [-0.05, 0) is 30.9 Å². The summed E-state index contributed by atoms with van der Waals surface area (Å²) < 4.78 is 79.6. The summed E-state index contributed by atoms with van der Waals surface area (Å²) in [7, 11) is 6.89. The first-order valence-electron chi connectivity index (χ1n) is 9.40. The maximum Gasteiger partial charge on any atom is 0.416 e. The van der Waals surface area contributed by atoms with E-state index in [2.05, 4.69) is 10.3 Å². The molecule has 174 valence electrons. The highest BCUT2D eigenvalue weighted by molar-refractivity contribution is 6.14. The van der Waals surface area contributed by atoms with E-state index in [0.29, 0.717) is 13.0 Å². The molecule has 13 heteroatoms. The zero-order chi connectivity index (χ0) is 24.7. The first-order valence-corrected chi connectivity index (χ1v) is 9.40. The summed E-state index contributed by atoms with van der Waals surface area (Å²) in [6.45, 7) is 0.655. The van der Waals surface area contributed by atoms with Crippen molar-refractivity contribution >= 4 is 25.3 Å². The number of hydrogen-bond acceptors (Lipinski definition) is 5. The van der Waals surface area contributed by atoms with Gasteiger partial charge in [-0.3, -0.25) is 14.6 Å². The fourth-order valence-electron chi connectivity index (χ4n) is 3.65. The molecule has 3 rings (SSSR count). The molecule has 0 aliphatic carbocycles. The van der Waals surface area contributed by atoms with Crippen LogP contribution in [0.1, 0.15) is 28.9 Å². The minimum atomic E-state index is -5.01. The molecule has 1 aliphatic heterocycles. The molecule has 0 bridgehead atoms. The molecule has 1 aromatic heterocycles. The smallest absolute Gasteiger partial charge is 0.416 e. The lowest BCUT2D eigenvalue weighted by molar-refractivity contribution is -0.261. The molecule has 2 aromatic rings. The van der Waals surface area contributed by atoms with Gasteiger partial charge in [0.25, 0.3) is 11.8 Å². The Morgan fingerprint density at radius 1 is 1.27 bits per heavy atom. The number of nitrogens with one attached hydrogen (secondary N) is 1. The Hall–Kier alpha value is -3.22. The molecule has 1 aliphatic rings. The third-order valence-electron chi connectivity index (χ3n) is 5.47. The topological polar surface area (TPSA) is 104 Å². The van der Waals surface area contributed by atoms with Crippen LogP contribution >= 0.6 is 0 Å². The predicted octanol–water partition coefficient (Wildman–Crippen LogP) is 2.87. The molecule has 2 radical (unpaired) electrons. The van der Waals surface area contributed by atoms with Crippen LogP contribution in [0.3, 0.4) is 0 Å². The number of aromatic nitrogens is 1. The summed E-state index contributed by atoms with van der Waals surface area (Å²) in [6, 6.07) is 4.02. The summed E-state index contributed by atoms with van der Waals surface area (Å²) >= 11 is 0. The van der Waals surface area contributed by atoms with Crippen molar-refractivity contribution in [2.24, 2.45) is 5.73 Å². The first-order chi connectivity index (χ1) is 15.3. The average Bonchev–Trinajstić information content (AvgIpc) is 3.02. The van der Waals surface area contributed by atoms with Crippen molar-refractivity contribution in [1.29, 1.82) is 0 Å². The van der Waals surface area contributed by atoms with Crippen molar-refractivity contribution in [3.05, 3.63) is 53.4 Å². The van der Waals surface area contributed by atoms with Crippen molar-refractivity contribution in [1.82, 2.24) is 4.98 Å². The van der Waals surface area contributed by atoms with Gasteiger partial charge in [0.1, 0.15) is 11.8 Å². The number of halogens is 5. The highest BCUT2D eigenvalue weighted by Crippen LogP contribution is 2.57. The van der Waals surface area contributed by atoms with Crippen LogP contribution in [-0.2, 0) is 9.53 Å². The summed E-state index contributed by atoms with van der Waals surface area (Å²) in [4.78, 5) is 28.0. The van der Waals surface area contributed by atoms with E-state index >= 15 is 0 Å². The number of nitrogens with zero attached hydrogens (tertiary/aromatic N) is 1. The quantitative estimate of drug-likeness (QED) is 0.518. The Morgan fingerprint density at radius 3 is 2.52 bits per heavy atom. The van der Waals surface area contributed by atoms with Gasteiger partial charge in [0.05, 0.1) is 15.0 Å². The molecular formula is C20H17BF5N3O4. The van der Waals surface area contributed by atoms with Crippen molar-refractivity contribution in [3.63, 3.8) is 0 Å². The SMILES string of the molecule is [B][C@H]1[C@@H](c2ccc(F)c(F)c2OC)[C@H](C(=O)Nc2ccnc(C(N)=O)c2)O[C@@]1(C)C(F)(F)F. The van der Waals surface area contributed by atoms with Gasteiger partial charge >= 0.3 is 6.18 Å². The highest BCUT2D eigenvalue weighted by Gasteiger charge is 2.65. The minimum absolute atomic E-state index is 0.0161. The zero-order valence-electron chi connectivity index (χ0n) is 17.2. The number of amides is 2. The molecule has 3 N–H and O–H groups in total. The molecule has 1 fully saturated rings. The molecule has 2 heterocycles. The highest BCUT2D eigenvalue weighted by atomic mass is 19.4. The Kier molecular flexibility index (Phi) is 6.38. The third kappa shape index (κ3) is 4.24. The fraction of sp³-hybridized carbons (Fsp3) is 0.350. The summed E-state index contributed by atoms with van der Waals surface area (Å²) in [5, 5.41) is 2.31. The normalized spacial score (nSPS) is 25.0. The summed E-state index contributed by atoms with van der Waals surface area (Å²) in [5.41, 5.74) is 1.61. The Labute approximate surface area is 185 Å². The minimum Gasteiger partial charge on any atom is -0.493 e. The standard InChI is InChI=1S/C20H17BF5N3O4/c1-19(20(24,25)26)16(21)12(9-3-4-10(22)13(23)14(9)32-2)15(33-19)18(31)29-8-5-6-28-11(7-8)17(27)30/h3-7,12,15-16H,1-2H3,(H2,27,30)(H,28,29,31)/t12-,15+,16-,19+/m0/s1. The van der Waals surface area contributed by atoms with E-state index in [1.54, 1.807) is 0 Å². The Morgan fingerprint density at radius 2 is 1.94 bits per heavy atom. The maximum absolute atomic E-state index is 14.3. The number of hydrogen-bond donors (Lipinski definition) is 2. The van der Waals surface area contributed by atoms with E-state index in [9.17, 15) is 31.5 Å². The van der Waals surface area contributed by atoms with Crippen molar-refractivity contribution in [2.75, 3.05) is 12.4 Å². The van der Waals surface area contributed by atoms with Crippen LogP contribution in [-0.4, -0.2) is 49.6 Å². The number of rotatable bonds is 5. The van der Waals surface area contributed by atoms with Crippen LogP contribution in [0, 0.1) is 11.6 Å². The Bertz CT molecular complexity index is 1100. The van der Waals surface area contributed by atoms with Gasteiger partial charge in [-0.15, -0.1) is 0 Å². The van der Waals surface area contributed by atoms with Gasteiger partial charge in [-0.2, -0.15) is 17.6 Å². The van der Waals surface area contributed by atoms with Crippen LogP contribution in [0.15, 0.2) is 30.5 Å². The van der Waals surface area contributed by atoms with Crippen LogP contribution in [0.25, 0.3) is 0 Å². The van der Waals surface area contributed by atoms with E-state index in [4.69, 9.17) is 23.1 Å². The van der Waals surface area contributed by atoms with Gasteiger partial charge < -0.3 is 20.5 Å². The number of carbonyl (C=O) groups is 2. The number of nitrogens with two attached hydrogens (primary N) is 1. The number of carbonyl (C=O) groups excluding carboxylic acids is 2. The second kappa shape index (κ2) is 8.62. The van der Waals surface area contributed by atoms with E-state index in [1.165, 1.54) is 6.07 Å². The number of primary amides is 1. The lowest BCUT2D eigenvalue weighted by Crippen LogP contribution is -2.46. The maximum atomic E-state index is 14.3. The first kappa shape index (κ1) is 24.4. The Balaban J connectivity index is 2.07. The van der Waals surface area contributed by atoms with Gasteiger partial charge in [-0.1, -0.05) is 6.07 Å². The molecule has 2 amide bonds. The number of benzene rings is 1. The monoisotopic (exact) mass is 469 g/mol. The number of pyridine rings is 1. The van der Waals surface area contributed by atoms with E-state index in [1.807, 2.05) is 0 Å². The van der Waals surface area contributed by atoms with E-state index in [-0.39, 0.29) is 16.9 Å².